The van der Waals surface area contributed by atoms with Gasteiger partial charge in [0, 0.05) is 51.4 Å². The molecule has 1 unspecified atom stereocenters. The monoisotopic (exact) mass is 631 g/mol. The van der Waals surface area contributed by atoms with Crippen LogP contribution < -0.4 is 20.9 Å². The minimum Gasteiger partial charge on any atom is -0.462 e. The Kier molecular flexibility index (Phi) is 12.2. The minimum atomic E-state index is -4.29. The van der Waals surface area contributed by atoms with Crippen LogP contribution in [0, 0.1) is 11.6 Å². The van der Waals surface area contributed by atoms with Gasteiger partial charge in [0.15, 0.2) is 11.6 Å². The topological polar surface area (TPSA) is 143 Å². The molecule has 16 heteroatoms. The van der Waals surface area contributed by atoms with Crippen LogP contribution in [-0.4, -0.2) is 97.8 Å². The predicted octanol–water partition coefficient (Wildman–Crippen LogP) is 2.62. The van der Waals surface area contributed by atoms with Crippen molar-refractivity contribution in [1.82, 2.24) is 15.5 Å². The lowest BCUT2D eigenvalue weighted by Crippen LogP contribution is -2.47. The van der Waals surface area contributed by atoms with Crippen LogP contribution in [0.15, 0.2) is 30.3 Å². The van der Waals surface area contributed by atoms with Crippen LogP contribution in [0.5, 0.6) is 0 Å². The molecule has 3 rings (SSSR count). The largest absolute Gasteiger partial charge is 0.462 e. The Morgan fingerprint density at radius 3 is 2.36 bits per heavy atom. The molecule has 1 aliphatic heterocycles. The van der Waals surface area contributed by atoms with Gasteiger partial charge in [-0.25, -0.2) is 18.4 Å². The van der Waals surface area contributed by atoms with Crippen LogP contribution >= 0.6 is 0 Å². The number of benzene rings is 2. The second-order valence-electron chi connectivity index (χ2n) is 9.90. The molecule has 3 amide bonds. The van der Waals surface area contributed by atoms with Gasteiger partial charge >= 0.3 is 18.2 Å². The van der Waals surface area contributed by atoms with Gasteiger partial charge in [-0.2, -0.15) is 13.2 Å². The van der Waals surface area contributed by atoms with E-state index in [-0.39, 0.29) is 62.7 Å². The average Bonchev–Trinajstić information content (AvgIpc) is 2.99. The molecule has 0 bridgehead atoms. The van der Waals surface area contributed by atoms with E-state index in [2.05, 4.69) is 16.0 Å². The van der Waals surface area contributed by atoms with Gasteiger partial charge in [-0.1, -0.05) is 6.07 Å². The maximum atomic E-state index is 15.0. The Morgan fingerprint density at radius 1 is 1.02 bits per heavy atom. The minimum absolute atomic E-state index is 0.110. The summed E-state index contributed by atoms with van der Waals surface area (Å²) in [5.41, 5.74) is -0.250. The number of esters is 1. The number of piperazine rings is 1. The summed E-state index contributed by atoms with van der Waals surface area (Å²) in [5.74, 6) is -4.49. The first-order chi connectivity index (χ1) is 20.8. The van der Waals surface area contributed by atoms with Crippen LogP contribution in [0.1, 0.15) is 39.6 Å². The van der Waals surface area contributed by atoms with Crippen LogP contribution in [0.25, 0.3) is 0 Å². The Hall–Kier alpha value is -4.02. The highest BCUT2D eigenvalue weighted by Crippen LogP contribution is 2.30. The summed E-state index contributed by atoms with van der Waals surface area (Å²) in [6, 6.07) is 5.57. The first-order valence-corrected chi connectivity index (χ1v) is 13.8. The summed E-state index contributed by atoms with van der Waals surface area (Å²) in [4.78, 5) is 40.6. The van der Waals surface area contributed by atoms with E-state index < -0.39 is 67.0 Å². The van der Waals surface area contributed by atoms with Gasteiger partial charge in [0.25, 0.3) is 5.91 Å². The lowest BCUT2D eigenvalue weighted by atomic mass is 10.1. The third kappa shape index (κ3) is 9.75. The van der Waals surface area contributed by atoms with E-state index in [1.54, 1.807) is 16.7 Å². The van der Waals surface area contributed by atoms with Crippen molar-refractivity contribution in [1.29, 1.82) is 0 Å². The number of aliphatic hydroxyl groups excluding tert-OH is 2. The van der Waals surface area contributed by atoms with Gasteiger partial charge < -0.3 is 35.8 Å². The molecule has 0 saturated carbocycles. The number of alkyl halides is 3. The van der Waals surface area contributed by atoms with Crippen LogP contribution in [0.3, 0.4) is 0 Å². The van der Waals surface area contributed by atoms with Gasteiger partial charge in [0.05, 0.1) is 48.2 Å². The molecule has 0 spiro atoms. The molecule has 1 saturated heterocycles. The summed E-state index contributed by atoms with van der Waals surface area (Å²) < 4.78 is 72.8. The molecule has 2 aromatic carbocycles. The summed E-state index contributed by atoms with van der Waals surface area (Å²) in [6.45, 7) is 1.37. The number of halogens is 5. The Bertz CT molecular complexity index is 1320. The zero-order chi connectivity index (χ0) is 32.4. The Labute approximate surface area is 250 Å². The number of aliphatic hydroxyl groups is 2. The van der Waals surface area contributed by atoms with E-state index in [4.69, 9.17) is 9.84 Å². The van der Waals surface area contributed by atoms with Crippen molar-refractivity contribution in [2.24, 2.45) is 0 Å². The average molecular weight is 632 g/mol. The van der Waals surface area contributed by atoms with Gasteiger partial charge in [-0.3, -0.25) is 9.69 Å². The lowest BCUT2D eigenvalue weighted by molar-refractivity contribution is -0.138. The maximum absolute atomic E-state index is 15.0. The number of urea groups is 1. The molecule has 1 fully saturated rings. The van der Waals surface area contributed by atoms with Gasteiger partial charge in [0.1, 0.15) is 0 Å². The van der Waals surface area contributed by atoms with E-state index in [1.807, 2.05) is 0 Å². The van der Waals surface area contributed by atoms with Crippen molar-refractivity contribution in [3.63, 3.8) is 0 Å². The Morgan fingerprint density at radius 2 is 1.73 bits per heavy atom. The zero-order valence-electron chi connectivity index (χ0n) is 23.8. The van der Waals surface area contributed by atoms with Crippen LogP contribution in [-0.2, 0) is 11.3 Å². The van der Waals surface area contributed by atoms with E-state index in [1.165, 1.54) is 18.2 Å². The number of hydrogen-bond donors (Lipinski definition) is 5. The second kappa shape index (κ2) is 15.6. The summed E-state index contributed by atoms with van der Waals surface area (Å²) in [7, 11) is 0. The molecule has 242 valence electrons. The molecule has 0 radical (unpaired) electrons. The normalized spacial score (nSPS) is 14.6. The quantitative estimate of drug-likeness (QED) is 0.178. The summed E-state index contributed by atoms with van der Waals surface area (Å²) in [5, 5.41) is 25.1. The number of carbonyl (C=O) groups excluding carboxylic acids is 3. The van der Waals surface area contributed by atoms with E-state index >= 15 is 0 Å². The third-order valence-electron chi connectivity index (χ3n) is 6.74. The maximum Gasteiger partial charge on any atom is 0.390 e. The summed E-state index contributed by atoms with van der Waals surface area (Å²) in [6.07, 6.45) is -6.43. The third-order valence-corrected chi connectivity index (χ3v) is 6.74. The smallest absolute Gasteiger partial charge is 0.390 e. The molecular formula is C28H34F5N5O6. The highest BCUT2D eigenvalue weighted by atomic mass is 19.4. The molecule has 2 aromatic rings. The highest BCUT2D eigenvalue weighted by Gasteiger charge is 2.29. The van der Waals surface area contributed by atoms with Crippen molar-refractivity contribution in [3.8, 4) is 0 Å². The molecule has 0 aromatic heterocycles. The van der Waals surface area contributed by atoms with E-state index in [9.17, 15) is 41.4 Å². The van der Waals surface area contributed by atoms with Crippen LogP contribution in [0.4, 0.5) is 38.1 Å². The van der Waals surface area contributed by atoms with Gasteiger partial charge in [0.2, 0.25) is 0 Å². The molecular weight excluding hydrogens is 597 g/mol. The summed E-state index contributed by atoms with van der Waals surface area (Å²) >= 11 is 0. The fourth-order valence-corrected chi connectivity index (χ4v) is 4.34. The zero-order valence-corrected chi connectivity index (χ0v) is 23.8. The van der Waals surface area contributed by atoms with E-state index in [0.717, 1.165) is 12.1 Å². The molecule has 5 N–H and O–H groups in total. The van der Waals surface area contributed by atoms with Crippen molar-refractivity contribution in [2.75, 3.05) is 62.7 Å². The molecule has 1 aliphatic rings. The lowest BCUT2D eigenvalue weighted by Gasteiger charge is -2.37. The van der Waals surface area contributed by atoms with Crippen molar-refractivity contribution in [2.45, 2.75) is 32.2 Å². The molecule has 1 heterocycles. The van der Waals surface area contributed by atoms with Gasteiger partial charge in [-0.05, 0) is 31.2 Å². The number of ether oxygens (including phenoxy) is 1. The first kappa shape index (κ1) is 34.5. The number of amides is 3. The van der Waals surface area contributed by atoms with Crippen molar-refractivity contribution >= 4 is 29.3 Å². The number of rotatable bonds is 12. The first-order valence-electron chi connectivity index (χ1n) is 13.8. The molecule has 11 nitrogen and oxygen atoms in total. The second-order valence-corrected chi connectivity index (χ2v) is 9.90. The highest BCUT2D eigenvalue weighted by molar-refractivity contribution is 6.06. The SMILES string of the molecule is CCOC(=O)c1ccc(NC(=O)c2ccc(CNC(=O)NCC(O)CO)c(F)c2F)c(N2CCN(CCC(F)(F)F)CC2)c1. The predicted molar refractivity (Wildman–Crippen MR) is 149 cm³/mol. The fraction of sp³-hybridized carbons (Fsp3) is 0.464. The molecule has 1 atom stereocenters. The standard InChI is InChI=1S/C28H34F5N5O6/c1-2-44-26(42)17-4-6-21(22(13-17)38-11-9-37(10-12-38)8-7-28(31,32)33)36-25(41)20-5-3-18(23(29)24(20)30)14-34-27(43)35-15-19(40)16-39/h3-6,13,19,39-40H,2,7-12,14-16H2,1H3,(H,36,41)(H2,34,35,43). The number of hydrogen-bond acceptors (Lipinski definition) is 8. The number of anilines is 2. The van der Waals surface area contributed by atoms with Gasteiger partial charge in [-0.15, -0.1) is 0 Å². The molecule has 44 heavy (non-hydrogen) atoms. The number of nitrogens with zero attached hydrogens (tertiary/aromatic N) is 2. The number of carbonyl (C=O) groups is 3. The Balaban J connectivity index is 1.75. The van der Waals surface area contributed by atoms with E-state index in [0.29, 0.717) is 5.69 Å². The number of nitrogens with one attached hydrogen (secondary N) is 3. The fourth-order valence-electron chi connectivity index (χ4n) is 4.34. The molecule has 0 aliphatic carbocycles. The van der Waals surface area contributed by atoms with Crippen molar-refractivity contribution in [3.05, 3.63) is 58.7 Å². The van der Waals surface area contributed by atoms with Crippen LogP contribution in [0.2, 0.25) is 0 Å². The van der Waals surface area contributed by atoms with Crippen molar-refractivity contribution < 1.29 is 51.3 Å².